The molecule has 2 heterocycles. The van der Waals surface area contributed by atoms with Gasteiger partial charge in [-0.2, -0.15) is 0 Å². The summed E-state index contributed by atoms with van der Waals surface area (Å²) >= 11 is 1.04. The highest BCUT2D eigenvalue weighted by molar-refractivity contribution is 7.11. The first-order valence-corrected chi connectivity index (χ1v) is 6.56. The zero-order valence-corrected chi connectivity index (χ0v) is 11.0. The van der Waals surface area contributed by atoms with Crippen LogP contribution in [0, 0.1) is 15.9 Å². The first kappa shape index (κ1) is 13.3. The van der Waals surface area contributed by atoms with Crippen LogP contribution in [0.15, 0.2) is 28.6 Å². The molecule has 0 saturated carbocycles. The molecule has 0 aliphatic carbocycles. The van der Waals surface area contributed by atoms with E-state index >= 15 is 0 Å². The third kappa shape index (κ3) is 2.50. The number of aliphatic imine (C=N–C) groups is 1. The van der Waals surface area contributed by atoms with Crippen LogP contribution >= 0.6 is 11.3 Å². The van der Waals surface area contributed by atoms with E-state index < -0.39 is 22.9 Å². The van der Waals surface area contributed by atoms with Crippen molar-refractivity contribution < 1.29 is 18.8 Å². The molecule has 0 N–H and O–H groups in total. The zero-order valence-electron chi connectivity index (χ0n) is 10.2. The Bertz CT molecular complexity index is 774. The maximum Gasteiger partial charge on any atom is 0.375 e. The van der Waals surface area contributed by atoms with E-state index in [1.807, 2.05) is 0 Å². The summed E-state index contributed by atoms with van der Waals surface area (Å²) in [5, 5.41) is 12.1. The summed E-state index contributed by atoms with van der Waals surface area (Å²) in [4.78, 5) is 29.2. The van der Waals surface area contributed by atoms with Gasteiger partial charge in [0.15, 0.2) is 0 Å². The third-order valence-electron chi connectivity index (χ3n) is 2.74. The highest BCUT2D eigenvalue weighted by Gasteiger charge is 2.30. The van der Waals surface area contributed by atoms with E-state index in [-0.39, 0.29) is 11.4 Å². The standard InChI is InChI=1S/C12H6FN3O4S/c13-6-1-2-7-8(3-6)12(17)20-11(7)14-4-10-15-9(5-21-10)16(18)19/h1-5,11H. The van der Waals surface area contributed by atoms with Crippen molar-refractivity contribution in [3.05, 3.63) is 55.6 Å². The maximum atomic E-state index is 13.1. The SMILES string of the molecule is O=C1OC(N=Cc2nc([N+](=O)[O-])cs2)c2ccc(F)cc21. The van der Waals surface area contributed by atoms with Gasteiger partial charge in [-0.25, -0.2) is 14.2 Å². The lowest BCUT2D eigenvalue weighted by Crippen LogP contribution is -1.96. The van der Waals surface area contributed by atoms with Gasteiger partial charge in [0.1, 0.15) is 5.82 Å². The van der Waals surface area contributed by atoms with Gasteiger partial charge in [-0.3, -0.25) is 0 Å². The predicted molar refractivity (Wildman–Crippen MR) is 70.9 cm³/mol. The van der Waals surface area contributed by atoms with E-state index in [9.17, 15) is 19.3 Å². The third-order valence-corrected chi connectivity index (χ3v) is 3.50. The van der Waals surface area contributed by atoms with Crippen LogP contribution in [0.1, 0.15) is 27.2 Å². The molecule has 1 aliphatic rings. The number of halogens is 1. The van der Waals surface area contributed by atoms with Gasteiger partial charge < -0.3 is 14.9 Å². The van der Waals surface area contributed by atoms with E-state index in [1.54, 1.807) is 0 Å². The number of ether oxygens (including phenoxy) is 1. The van der Waals surface area contributed by atoms with Crippen molar-refractivity contribution in [1.29, 1.82) is 0 Å². The normalized spacial score (nSPS) is 17.0. The van der Waals surface area contributed by atoms with Gasteiger partial charge in [-0.15, -0.1) is 0 Å². The molecule has 0 fully saturated rings. The number of carbonyl (C=O) groups excluding carboxylic acids is 1. The van der Waals surface area contributed by atoms with Crippen molar-refractivity contribution in [2.75, 3.05) is 0 Å². The van der Waals surface area contributed by atoms with Crippen molar-refractivity contribution in [2.45, 2.75) is 6.23 Å². The lowest BCUT2D eigenvalue weighted by molar-refractivity contribution is -0.389. The fraction of sp³-hybridized carbons (Fsp3) is 0.0833. The lowest BCUT2D eigenvalue weighted by atomic mass is 10.1. The minimum absolute atomic E-state index is 0.127. The minimum Gasteiger partial charge on any atom is -0.432 e. The number of hydrogen-bond acceptors (Lipinski definition) is 7. The second kappa shape index (κ2) is 5.02. The van der Waals surface area contributed by atoms with Crippen LogP contribution in [0.2, 0.25) is 0 Å². The molecule has 1 aromatic carbocycles. The van der Waals surface area contributed by atoms with Crippen molar-refractivity contribution in [3.63, 3.8) is 0 Å². The Balaban J connectivity index is 1.85. The smallest absolute Gasteiger partial charge is 0.375 e. The van der Waals surface area contributed by atoms with Crippen LogP contribution in [0.25, 0.3) is 0 Å². The fourth-order valence-electron chi connectivity index (χ4n) is 1.81. The number of carbonyl (C=O) groups is 1. The second-order valence-electron chi connectivity index (χ2n) is 4.07. The molecule has 1 aliphatic heterocycles. The van der Waals surface area contributed by atoms with Gasteiger partial charge in [0.25, 0.3) is 0 Å². The number of hydrogen-bond donors (Lipinski definition) is 0. The van der Waals surface area contributed by atoms with Gasteiger partial charge in [0.2, 0.25) is 11.2 Å². The van der Waals surface area contributed by atoms with Crippen molar-refractivity contribution in [2.24, 2.45) is 4.99 Å². The number of esters is 1. The van der Waals surface area contributed by atoms with E-state index in [0.717, 1.165) is 17.4 Å². The molecule has 9 heteroatoms. The van der Waals surface area contributed by atoms with Gasteiger partial charge in [-0.05, 0) is 28.1 Å². The van der Waals surface area contributed by atoms with Crippen LogP contribution in [0.5, 0.6) is 0 Å². The van der Waals surface area contributed by atoms with Gasteiger partial charge in [0.05, 0.1) is 17.2 Å². The maximum absolute atomic E-state index is 13.1. The quantitative estimate of drug-likeness (QED) is 0.376. The summed E-state index contributed by atoms with van der Waals surface area (Å²) in [6, 6.07) is 3.71. The summed E-state index contributed by atoms with van der Waals surface area (Å²) in [6.07, 6.45) is 0.393. The Kier molecular flexibility index (Phi) is 3.18. The highest BCUT2D eigenvalue weighted by Crippen LogP contribution is 2.32. The zero-order chi connectivity index (χ0) is 15.0. The number of rotatable bonds is 3. The van der Waals surface area contributed by atoms with Crippen LogP contribution in [0.4, 0.5) is 10.2 Å². The van der Waals surface area contributed by atoms with E-state index in [0.29, 0.717) is 10.6 Å². The van der Waals surface area contributed by atoms with E-state index in [1.165, 1.54) is 23.7 Å². The molecule has 7 nitrogen and oxygen atoms in total. The van der Waals surface area contributed by atoms with E-state index in [4.69, 9.17) is 4.74 Å². The van der Waals surface area contributed by atoms with Crippen LogP contribution in [-0.4, -0.2) is 22.1 Å². The molecule has 0 spiro atoms. The monoisotopic (exact) mass is 307 g/mol. The Labute approximate surface area is 120 Å². The van der Waals surface area contributed by atoms with Crippen LogP contribution < -0.4 is 0 Å². The van der Waals surface area contributed by atoms with Gasteiger partial charge in [0, 0.05) is 5.56 Å². The Morgan fingerprint density at radius 3 is 3.05 bits per heavy atom. The molecule has 106 valence electrons. The predicted octanol–water partition coefficient (Wildman–Crippen LogP) is 2.48. The lowest BCUT2D eigenvalue weighted by Gasteiger charge is -2.02. The Morgan fingerprint density at radius 1 is 1.52 bits per heavy atom. The largest absolute Gasteiger partial charge is 0.432 e. The number of thiazole rings is 1. The molecular weight excluding hydrogens is 301 g/mol. The average molecular weight is 307 g/mol. The molecule has 1 unspecified atom stereocenters. The molecule has 1 atom stereocenters. The summed E-state index contributed by atoms with van der Waals surface area (Å²) in [7, 11) is 0. The van der Waals surface area contributed by atoms with Crippen molar-refractivity contribution in [3.8, 4) is 0 Å². The molecule has 0 amide bonds. The molecular formula is C12H6FN3O4S. The summed E-state index contributed by atoms with van der Waals surface area (Å²) < 4.78 is 18.1. The molecule has 3 rings (SSSR count). The molecule has 2 aromatic rings. The highest BCUT2D eigenvalue weighted by atomic mass is 32.1. The number of nitrogens with zero attached hydrogens (tertiary/aromatic N) is 3. The van der Waals surface area contributed by atoms with Crippen molar-refractivity contribution >= 4 is 29.3 Å². The second-order valence-corrected chi connectivity index (χ2v) is 4.96. The van der Waals surface area contributed by atoms with Crippen molar-refractivity contribution in [1.82, 2.24) is 4.98 Å². The van der Waals surface area contributed by atoms with Gasteiger partial charge in [-0.1, -0.05) is 11.3 Å². The molecule has 1 aromatic heterocycles. The first-order valence-electron chi connectivity index (χ1n) is 5.68. The minimum atomic E-state index is -0.893. The van der Waals surface area contributed by atoms with Crippen LogP contribution in [0.3, 0.4) is 0 Å². The Morgan fingerprint density at radius 2 is 2.33 bits per heavy atom. The number of fused-ring (bicyclic) bond motifs is 1. The first-order chi connectivity index (χ1) is 10.0. The summed E-state index contributed by atoms with van der Waals surface area (Å²) in [6.45, 7) is 0. The molecule has 0 saturated heterocycles. The Hall–Kier alpha value is -2.68. The topological polar surface area (TPSA) is 94.7 Å². The average Bonchev–Trinajstić information content (AvgIpc) is 3.02. The molecule has 0 radical (unpaired) electrons. The summed E-state index contributed by atoms with van der Waals surface area (Å²) in [5.74, 6) is -1.46. The number of cyclic esters (lactones) is 1. The summed E-state index contributed by atoms with van der Waals surface area (Å²) in [5.41, 5.74) is 0.575. The molecule has 21 heavy (non-hydrogen) atoms. The number of nitro groups is 1. The van der Waals surface area contributed by atoms with Crippen LogP contribution in [-0.2, 0) is 4.74 Å². The number of aromatic nitrogens is 1. The van der Waals surface area contributed by atoms with E-state index in [2.05, 4.69) is 9.98 Å². The molecule has 0 bridgehead atoms. The fourth-order valence-corrected chi connectivity index (χ4v) is 2.45. The van der Waals surface area contributed by atoms with Gasteiger partial charge >= 0.3 is 11.8 Å². The number of benzene rings is 1.